The number of imidazole rings is 1. The number of carbonyl (C=O) groups excluding carboxylic acids is 1. The van der Waals surface area contributed by atoms with Crippen molar-refractivity contribution in [3.05, 3.63) is 112 Å². The van der Waals surface area contributed by atoms with Gasteiger partial charge in [-0.15, -0.1) is 0 Å². The number of aromatic amines is 1. The monoisotopic (exact) mass is 769 g/mol. The van der Waals surface area contributed by atoms with E-state index < -0.39 is 44.0 Å². The SMILES string of the molecule is COc1ccc(C(OC[C@H]2O[C@@H](n3cnc4c(=O)[nH]c(NC(=O)C(C)C)nc43)[C@@H](O)C2O[Si](C)(C)C(C)(C)C)(c2ccccc2)c2ccc(OC)cc2)cc1. The summed E-state index contributed by atoms with van der Waals surface area (Å²) >= 11 is 0. The molecule has 3 N–H and O–H groups in total. The Balaban J connectivity index is 1.45. The molecule has 5 aromatic rings. The van der Waals surface area contributed by atoms with Crippen LogP contribution in [-0.2, 0) is 24.3 Å². The van der Waals surface area contributed by atoms with Crippen LogP contribution >= 0.6 is 0 Å². The van der Waals surface area contributed by atoms with Gasteiger partial charge in [0, 0.05) is 5.92 Å². The molecule has 14 heteroatoms. The predicted octanol–water partition coefficient (Wildman–Crippen LogP) is 6.39. The Morgan fingerprint density at radius 3 is 2.04 bits per heavy atom. The fourth-order valence-corrected chi connectivity index (χ4v) is 7.79. The number of hydrogen-bond acceptors (Lipinski definition) is 10. The Bertz CT molecular complexity index is 2100. The highest BCUT2D eigenvalue weighted by Crippen LogP contribution is 2.45. The van der Waals surface area contributed by atoms with Crippen LogP contribution in [-0.4, -0.2) is 78.0 Å². The van der Waals surface area contributed by atoms with Crippen LogP contribution in [0.5, 0.6) is 11.5 Å². The van der Waals surface area contributed by atoms with Gasteiger partial charge in [0.25, 0.3) is 5.56 Å². The van der Waals surface area contributed by atoms with Crippen molar-refractivity contribution >= 4 is 31.3 Å². The first kappa shape index (κ1) is 39.8. The molecule has 6 rings (SSSR count). The van der Waals surface area contributed by atoms with Gasteiger partial charge in [-0.05, 0) is 59.1 Å². The minimum Gasteiger partial charge on any atom is -0.497 e. The summed E-state index contributed by atoms with van der Waals surface area (Å²) in [5.74, 6) is 0.687. The molecule has 1 aliphatic rings. The summed E-state index contributed by atoms with van der Waals surface area (Å²) in [5.41, 5.74) is 0.992. The lowest BCUT2D eigenvalue weighted by molar-refractivity contribution is -0.118. The number of aliphatic hydroxyl groups excluding tert-OH is 1. The Labute approximate surface area is 322 Å². The quantitative estimate of drug-likeness (QED) is 0.0906. The molecule has 0 saturated carbocycles. The van der Waals surface area contributed by atoms with E-state index in [0.717, 1.165) is 16.7 Å². The third kappa shape index (κ3) is 7.82. The summed E-state index contributed by atoms with van der Waals surface area (Å²) in [4.78, 5) is 37.1. The minimum absolute atomic E-state index is 0.0177. The molecular formula is C41H51N5O8Si. The second-order valence-electron chi connectivity index (χ2n) is 15.6. The van der Waals surface area contributed by atoms with Gasteiger partial charge in [0.15, 0.2) is 25.7 Å². The smallest absolute Gasteiger partial charge is 0.280 e. The molecule has 0 radical (unpaired) electrons. The maximum atomic E-state index is 13.1. The number of hydrogen-bond donors (Lipinski definition) is 3. The van der Waals surface area contributed by atoms with Crippen LogP contribution in [0.4, 0.5) is 5.95 Å². The molecule has 1 unspecified atom stereocenters. The summed E-state index contributed by atoms with van der Waals surface area (Å²) in [6.07, 6.45) is -2.52. The van der Waals surface area contributed by atoms with Crippen molar-refractivity contribution in [1.29, 1.82) is 0 Å². The molecule has 4 atom stereocenters. The molecule has 0 bridgehead atoms. The van der Waals surface area contributed by atoms with Crippen molar-refractivity contribution in [1.82, 2.24) is 19.5 Å². The fraction of sp³-hybridized carbons (Fsp3) is 0.415. The van der Waals surface area contributed by atoms with Crippen LogP contribution in [0, 0.1) is 5.92 Å². The van der Waals surface area contributed by atoms with Gasteiger partial charge >= 0.3 is 0 Å². The van der Waals surface area contributed by atoms with Crippen LogP contribution < -0.4 is 20.3 Å². The van der Waals surface area contributed by atoms with E-state index in [2.05, 4.69) is 54.1 Å². The van der Waals surface area contributed by atoms with Crippen molar-refractivity contribution in [3.63, 3.8) is 0 Å². The second-order valence-corrected chi connectivity index (χ2v) is 20.4. The maximum absolute atomic E-state index is 13.1. The van der Waals surface area contributed by atoms with Gasteiger partial charge in [-0.3, -0.25) is 24.5 Å². The number of H-pyrrole nitrogens is 1. The van der Waals surface area contributed by atoms with E-state index in [1.807, 2.05) is 78.9 Å². The number of rotatable bonds is 13. The molecule has 1 aliphatic heterocycles. The van der Waals surface area contributed by atoms with E-state index in [-0.39, 0.29) is 40.6 Å². The number of nitrogens with one attached hydrogen (secondary N) is 2. The average molecular weight is 770 g/mol. The Hall–Kier alpha value is -4.86. The average Bonchev–Trinajstić information content (AvgIpc) is 3.72. The molecule has 3 heterocycles. The first-order chi connectivity index (χ1) is 26.1. The highest BCUT2D eigenvalue weighted by molar-refractivity contribution is 6.74. The molecule has 2 aromatic heterocycles. The van der Waals surface area contributed by atoms with Crippen molar-refractivity contribution < 1.29 is 33.3 Å². The highest BCUT2D eigenvalue weighted by atomic mass is 28.4. The number of ether oxygens (including phenoxy) is 4. The third-order valence-electron chi connectivity index (χ3n) is 10.7. The van der Waals surface area contributed by atoms with Crippen molar-refractivity contribution in [2.24, 2.45) is 5.92 Å². The van der Waals surface area contributed by atoms with E-state index >= 15 is 0 Å². The van der Waals surface area contributed by atoms with Crippen LogP contribution in [0.3, 0.4) is 0 Å². The Kier molecular flexibility index (Phi) is 11.4. The summed E-state index contributed by atoms with van der Waals surface area (Å²) in [6, 6.07) is 25.4. The second kappa shape index (κ2) is 15.7. The largest absolute Gasteiger partial charge is 0.497 e. The van der Waals surface area contributed by atoms with Gasteiger partial charge in [0.2, 0.25) is 11.9 Å². The van der Waals surface area contributed by atoms with Gasteiger partial charge in [0.1, 0.15) is 35.4 Å². The van der Waals surface area contributed by atoms with Crippen LogP contribution in [0.2, 0.25) is 18.1 Å². The van der Waals surface area contributed by atoms with Crippen molar-refractivity contribution in [2.45, 2.75) is 82.9 Å². The predicted molar refractivity (Wildman–Crippen MR) is 212 cm³/mol. The van der Waals surface area contributed by atoms with E-state index in [9.17, 15) is 14.7 Å². The van der Waals surface area contributed by atoms with E-state index in [1.54, 1.807) is 28.1 Å². The van der Waals surface area contributed by atoms with Gasteiger partial charge in [-0.2, -0.15) is 4.98 Å². The zero-order valence-electron chi connectivity index (χ0n) is 32.8. The number of fused-ring (bicyclic) bond motifs is 1. The van der Waals surface area contributed by atoms with E-state index in [4.69, 9.17) is 23.4 Å². The number of nitrogens with zero attached hydrogens (tertiary/aromatic N) is 3. The molecule has 0 aliphatic carbocycles. The number of methoxy groups -OCH3 is 2. The van der Waals surface area contributed by atoms with Crippen LogP contribution in [0.25, 0.3) is 11.2 Å². The molecule has 292 valence electrons. The molecule has 3 aromatic carbocycles. The molecule has 1 saturated heterocycles. The van der Waals surface area contributed by atoms with E-state index in [1.165, 1.54) is 10.9 Å². The Morgan fingerprint density at radius 2 is 1.51 bits per heavy atom. The number of benzene rings is 3. The van der Waals surface area contributed by atoms with Crippen LogP contribution in [0.15, 0.2) is 90.0 Å². The number of anilines is 1. The lowest BCUT2D eigenvalue weighted by atomic mass is 9.80. The number of amides is 1. The Morgan fingerprint density at radius 1 is 0.945 bits per heavy atom. The summed E-state index contributed by atoms with van der Waals surface area (Å²) in [5, 5.41) is 14.6. The van der Waals surface area contributed by atoms with Gasteiger partial charge in [0.05, 0.1) is 27.2 Å². The zero-order valence-corrected chi connectivity index (χ0v) is 33.8. The first-order valence-electron chi connectivity index (χ1n) is 18.4. The van der Waals surface area contributed by atoms with Gasteiger partial charge in [-0.1, -0.05) is 89.2 Å². The van der Waals surface area contributed by atoms with Gasteiger partial charge in [-0.25, -0.2) is 4.98 Å². The lowest BCUT2D eigenvalue weighted by Gasteiger charge is -2.41. The maximum Gasteiger partial charge on any atom is 0.280 e. The molecule has 13 nitrogen and oxygen atoms in total. The molecule has 1 fully saturated rings. The first-order valence-corrected chi connectivity index (χ1v) is 21.3. The fourth-order valence-electron chi connectivity index (χ4n) is 6.46. The molecule has 1 amide bonds. The summed E-state index contributed by atoms with van der Waals surface area (Å²) in [7, 11) is 0.725. The normalized spacial score (nSPS) is 19.2. The van der Waals surface area contributed by atoms with Crippen molar-refractivity contribution in [2.75, 3.05) is 26.1 Å². The van der Waals surface area contributed by atoms with Crippen molar-refractivity contribution in [3.8, 4) is 11.5 Å². The third-order valence-corrected chi connectivity index (χ3v) is 15.1. The highest BCUT2D eigenvalue weighted by Gasteiger charge is 2.52. The standard InChI is InChI=1S/C41H51N5O8Si/c1-25(2)36(48)44-39-43-35-32(37(49)45-39)42-24-46(35)38-33(47)34(54-55(8,9)40(3,4)5)31(53-38)23-52-41(26-13-11-10-12-14-26,27-15-19-29(50-6)20-16-27)28-17-21-30(51-7)22-18-28/h10-22,24-25,31,33-34,38,47H,23H2,1-9H3,(H2,43,44,45,48,49)/t31-,33+,34?,38-/m1/s1. The number of aliphatic hydroxyl groups is 1. The van der Waals surface area contributed by atoms with Gasteiger partial charge < -0.3 is 28.5 Å². The number of aromatic nitrogens is 4. The minimum atomic E-state index is -2.52. The lowest BCUT2D eigenvalue weighted by Crippen LogP contribution is -2.50. The summed E-state index contributed by atoms with van der Waals surface area (Å²) in [6.45, 7) is 14.1. The summed E-state index contributed by atoms with van der Waals surface area (Å²) < 4.78 is 33.5. The topological polar surface area (TPSA) is 159 Å². The number of carbonyl (C=O) groups is 1. The molecular weight excluding hydrogens is 719 g/mol. The molecule has 0 spiro atoms. The molecule has 55 heavy (non-hydrogen) atoms. The zero-order chi connectivity index (χ0) is 39.7. The van der Waals surface area contributed by atoms with Crippen LogP contribution in [0.1, 0.15) is 57.5 Å². The van der Waals surface area contributed by atoms with E-state index in [0.29, 0.717) is 11.5 Å².